The van der Waals surface area contributed by atoms with Crippen molar-refractivity contribution in [1.29, 1.82) is 0 Å². The zero-order valence-corrected chi connectivity index (χ0v) is 12.1. The van der Waals surface area contributed by atoms with Crippen molar-refractivity contribution in [1.82, 2.24) is 0 Å². The number of sulfone groups is 1. The highest BCUT2D eigenvalue weighted by Gasteiger charge is 2.15. The van der Waals surface area contributed by atoms with E-state index in [1.807, 2.05) is 12.1 Å². The SMILES string of the molecule is CCCCCCNc1ccccc1S(=O)(=O)CC. The van der Waals surface area contributed by atoms with Crippen molar-refractivity contribution in [3.63, 3.8) is 0 Å². The third kappa shape index (κ3) is 4.33. The normalized spacial score (nSPS) is 11.4. The monoisotopic (exact) mass is 269 g/mol. The number of nitrogens with one attached hydrogen (secondary N) is 1. The first-order valence-electron chi connectivity index (χ1n) is 6.67. The van der Waals surface area contributed by atoms with E-state index in [-0.39, 0.29) is 5.75 Å². The molecule has 102 valence electrons. The lowest BCUT2D eigenvalue weighted by Crippen LogP contribution is -2.09. The Bertz CT molecular complexity index is 455. The predicted octanol–water partition coefficient (Wildman–Crippen LogP) is 3.47. The van der Waals surface area contributed by atoms with Crippen LogP contribution in [0.1, 0.15) is 39.5 Å². The Hall–Kier alpha value is -1.03. The summed E-state index contributed by atoms with van der Waals surface area (Å²) in [5.41, 5.74) is 0.732. The average molecular weight is 269 g/mol. The molecule has 0 heterocycles. The number of hydrogen-bond acceptors (Lipinski definition) is 3. The van der Waals surface area contributed by atoms with Gasteiger partial charge in [0, 0.05) is 6.54 Å². The number of benzene rings is 1. The lowest BCUT2D eigenvalue weighted by atomic mass is 10.2. The van der Waals surface area contributed by atoms with E-state index in [4.69, 9.17) is 0 Å². The second-order valence-electron chi connectivity index (χ2n) is 4.39. The van der Waals surface area contributed by atoms with Gasteiger partial charge in [-0.1, -0.05) is 45.2 Å². The van der Waals surface area contributed by atoms with Gasteiger partial charge in [-0.05, 0) is 18.6 Å². The van der Waals surface area contributed by atoms with Crippen LogP contribution in [-0.4, -0.2) is 20.7 Å². The largest absolute Gasteiger partial charge is 0.384 e. The first-order chi connectivity index (χ1) is 8.61. The van der Waals surface area contributed by atoms with Crippen LogP contribution in [-0.2, 0) is 9.84 Å². The Morgan fingerprint density at radius 1 is 1.06 bits per heavy atom. The molecule has 0 amide bonds. The lowest BCUT2D eigenvalue weighted by Gasteiger charge is -2.11. The molecule has 0 aromatic heterocycles. The van der Waals surface area contributed by atoms with Crippen molar-refractivity contribution in [3.05, 3.63) is 24.3 Å². The molecule has 1 rings (SSSR count). The summed E-state index contributed by atoms with van der Waals surface area (Å²) in [6.07, 6.45) is 4.71. The van der Waals surface area contributed by atoms with Crippen LogP contribution in [0.4, 0.5) is 5.69 Å². The molecular formula is C14H23NO2S. The molecule has 0 atom stereocenters. The number of hydrogen-bond donors (Lipinski definition) is 1. The summed E-state index contributed by atoms with van der Waals surface area (Å²) in [6.45, 7) is 4.68. The number of anilines is 1. The lowest BCUT2D eigenvalue weighted by molar-refractivity contribution is 0.597. The summed E-state index contributed by atoms with van der Waals surface area (Å²) in [4.78, 5) is 0.419. The summed E-state index contributed by atoms with van der Waals surface area (Å²) in [7, 11) is -3.14. The Morgan fingerprint density at radius 2 is 1.78 bits per heavy atom. The Kier molecular flexibility index (Phi) is 6.19. The summed E-state index contributed by atoms with van der Waals surface area (Å²) < 4.78 is 23.8. The first-order valence-corrected chi connectivity index (χ1v) is 8.32. The van der Waals surface area contributed by atoms with Crippen molar-refractivity contribution in [3.8, 4) is 0 Å². The highest BCUT2D eigenvalue weighted by Crippen LogP contribution is 2.21. The molecule has 1 aromatic rings. The standard InChI is InChI=1S/C14H23NO2S/c1-3-5-6-9-12-15-13-10-7-8-11-14(13)18(16,17)4-2/h7-8,10-11,15H,3-6,9,12H2,1-2H3. The molecule has 0 bridgehead atoms. The van der Waals surface area contributed by atoms with Crippen LogP contribution in [0.2, 0.25) is 0 Å². The van der Waals surface area contributed by atoms with Crippen molar-refractivity contribution in [2.75, 3.05) is 17.6 Å². The summed E-state index contributed by atoms with van der Waals surface area (Å²) in [6, 6.07) is 7.14. The van der Waals surface area contributed by atoms with E-state index in [2.05, 4.69) is 12.2 Å². The molecule has 0 radical (unpaired) electrons. The van der Waals surface area contributed by atoms with Crippen LogP contribution in [0.5, 0.6) is 0 Å². The van der Waals surface area contributed by atoms with Gasteiger partial charge in [0.2, 0.25) is 0 Å². The average Bonchev–Trinajstić information content (AvgIpc) is 2.39. The third-order valence-electron chi connectivity index (χ3n) is 2.95. The Labute approximate surface area is 111 Å². The molecule has 0 unspecified atom stereocenters. The maximum absolute atomic E-state index is 11.9. The van der Waals surface area contributed by atoms with Gasteiger partial charge in [-0.3, -0.25) is 0 Å². The van der Waals surface area contributed by atoms with E-state index in [0.29, 0.717) is 4.90 Å². The second-order valence-corrected chi connectivity index (χ2v) is 6.63. The molecule has 0 spiro atoms. The zero-order valence-electron chi connectivity index (χ0n) is 11.3. The smallest absolute Gasteiger partial charge is 0.180 e. The van der Waals surface area contributed by atoms with E-state index in [1.165, 1.54) is 19.3 Å². The fourth-order valence-electron chi connectivity index (χ4n) is 1.81. The van der Waals surface area contributed by atoms with Crippen LogP contribution in [0.15, 0.2) is 29.2 Å². The van der Waals surface area contributed by atoms with E-state index in [9.17, 15) is 8.42 Å². The Morgan fingerprint density at radius 3 is 2.44 bits per heavy atom. The molecule has 18 heavy (non-hydrogen) atoms. The molecule has 0 aliphatic heterocycles. The van der Waals surface area contributed by atoms with Gasteiger partial charge >= 0.3 is 0 Å². The van der Waals surface area contributed by atoms with E-state index in [0.717, 1.165) is 18.7 Å². The Balaban J connectivity index is 2.66. The minimum absolute atomic E-state index is 0.140. The summed E-state index contributed by atoms with van der Waals surface area (Å²) in [5.74, 6) is 0.140. The maximum Gasteiger partial charge on any atom is 0.180 e. The van der Waals surface area contributed by atoms with Gasteiger partial charge in [0.15, 0.2) is 9.84 Å². The first kappa shape index (κ1) is 15.0. The van der Waals surface area contributed by atoms with Gasteiger partial charge in [0.25, 0.3) is 0 Å². The molecule has 4 heteroatoms. The van der Waals surface area contributed by atoms with Gasteiger partial charge < -0.3 is 5.32 Å². The molecular weight excluding hydrogens is 246 g/mol. The quantitative estimate of drug-likeness (QED) is 0.735. The zero-order chi connectivity index (χ0) is 13.4. The van der Waals surface area contributed by atoms with E-state index < -0.39 is 9.84 Å². The molecule has 0 saturated carbocycles. The van der Waals surface area contributed by atoms with Crippen molar-refractivity contribution in [2.24, 2.45) is 0 Å². The van der Waals surface area contributed by atoms with Crippen molar-refractivity contribution in [2.45, 2.75) is 44.4 Å². The van der Waals surface area contributed by atoms with Crippen molar-refractivity contribution < 1.29 is 8.42 Å². The van der Waals surface area contributed by atoms with Crippen LogP contribution >= 0.6 is 0 Å². The molecule has 0 aliphatic rings. The molecule has 0 fully saturated rings. The highest BCUT2D eigenvalue weighted by molar-refractivity contribution is 7.91. The van der Waals surface area contributed by atoms with Gasteiger partial charge in [0.1, 0.15) is 0 Å². The molecule has 0 aliphatic carbocycles. The number of unbranched alkanes of at least 4 members (excludes halogenated alkanes) is 3. The van der Waals surface area contributed by atoms with Crippen LogP contribution in [0, 0.1) is 0 Å². The minimum atomic E-state index is -3.14. The number of rotatable bonds is 8. The van der Waals surface area contributed by atoms with Gasteiger partial charge in [-0.2, -0.15) is 0 Å². The van der Waals surface area contributed by atoms with Gasteiger partial charge in [-0.15, -0.1) is 0 Å². The van der Waals surface area contributed by atoms with Crippen LogP contribution in [0.3, 0.4) is 0 Å². The third-order valence-corrected chi connectivity index (χ3v) is 4.73. The highest BCUT2D eigenvalue weighted by atomic mass is 32.2. The topological polar surface area (TPSA) is 46.2 Å². The minimum Gasteiger partial charge on any atom is -0.384 e. The van der Waals surface area contributed by atoms with E-state index >= 15 is 0 Å². The molecule has 3 nitrogen and oxygen atoms in total. The van der Waals surface area contributed by atoms with E-state index in [1.54, 1.807) is 19.1 Å². The number of para-hydroxylation sites is 1. The van der Waals surface area contributed by atoms with Gasteiger partial charge in [-0.25, -0.2) is 8.42 Å². The molecule has 1 aromatic carbocycles. The second kappa shape index (κ2) is 7.41. The maximum atomic E-state index is 11.9. The predicted molar refractivity (Wildman–Crippen MR) is 76.8 cm³/mol. The molecule has 1 N–H and O–H groups in total. The fraction of sp³-hybridized carbons (Fsp3) is 0.571. The van der Waals surface area contributed by atoms with Gasteiger partial charge in [0.05, 0.1) is 16.3 Å². The fourth-order valence-corrected chi connectivity index (χ4v) is 2.89. The van der Waals surface area contributed by atoms with Crippen LogP contribution < -0.4 is 5.32 Å². The van der Waals surface area contributed by atoms with Crippen LogP contribution in [0.25, 0.3) is 0 Å². The van der Waals surface area contributed by atoms with Crippen molar-refractivity contribution >= 4 is 15.5 Å². The summed E-state index contributed by atoms with van der Waals surface area (Å²) in [5, 5.41) is 3.23. The summed E-state index contributed by atoms with van der Waals surface area (Å²) >= 11 is 0. The molecule has 0 saturated heterocycles.